The number of nitrogens with zero attached hydrogens (tertiary/aromatic N) is 1. The van der Waals surface area contributed by atoms with Crippen LogP contribution in [0.5, 0.6) is 0 Å². The normalized spacial score (nSPS) is 16.3. The zero-order valence-corrected chi connectivity index (χ0v) is 29.4. The lowest BCUT2D eigenvalue weighted by molar-refractivity contribution is 0.256. The first-order valence-electron chi connectivity index (χ1n) is 15.9. The monoisotopic (exact) mass is 712 g/mol. The number of likely N-dealkylation sites (tertiary alicyclic amines) is 1. The molecule has 0 bridgehead atoms. The maximum absolute atomic E-state index is 13.6. The van der Waals surface area contributed by atoms with E-state index in [-0.39, 0.29) is 27.7 Å². The van der Waals surface area contributed by atoms with Gasteiger partial charge in [-0.05, 0) is 125 Å². The van der Waals surface area contributed by atoms with Crippen molar-refractivity contribution < 1.29 is 17.4 Å². The molecule has 4 heterocycles. The number of para-hydroxylation sites is 1. The molecule has 2 aliphatic heterocycles. The Morgan fingerprint density at radius 1 is 0.870 bits per heavy atom. The van der Waals surface area contributed by atoms with Crippen LogP contribution in [0.1, 0.15) is 66.7 Å². The van der Waals surface area contributed by atoms with E-state index in [0.717, 1.165) is 49.5 Å². The second-order valence-corrected chi connectivity index (χ2v) is 13.7. The predicted octanol–water partition coefficient (Wildman–Crippen LogP) is 8.13. The smallest absolute Gasteiger partial charge is 0.294 e. The molecule has 0 amide bonds. The van der Waals surface area contributed by atoms with Crippen LogP contribution in [-0.4, -0.2) is 61.1 Å². The molecular formula is C36H46BrFN4O3S. The van der Waals surface area contributed by atoms with Crippen LogP contribution in [0.2, 0.25) is 0 Å². The number of rotatable bonds is 4. The molecular weight excluding hydrogens is 667 g/mol. The van der Waals surface area contributed by atoms with Crippen LogP contribution >= 0.6 is 17.0 Å². The number of piperidine rings is 2. The molecule has 0 saturated carbocycles. The largest absolute Gasteiger partial charge is 0.361 e. The molecule has 0 radical (unpaired) electrons. The van der Waals surface area contributed by atoms with Gasteiger partial charge in [0.2, 0.25) is 0 Å². The van der Waals surface area contributed by atoms with Crippen LogP contribution in [0.25, 0.3) is 21.8 Å². The van der Waals surface area contributed by atoms with Crippen LogP contribution in [0, 0.1) is 12.7 Å². The maximum Gasteiger partial charge on any atom is 0.294 e. The Balaban J connectivity index is 0.000000159. The summed E-state index contributed by atoms with van der Waals surface area (Å²) in [5.74, 6) is 1.15. The average molecular weight is 714 g/mol. The summed E-state index contributed by atoms with van der Waals surface area (Å²) < 4.78 is 43.1. The van der Waals surface area contributed by atoms with Crippen LogP contribution < -0.4 is 5.32 Å². The van der Waals surface area contributed by atoms with E-state index in [1.54, 1.807) is 18.2 Å². The Hall–Kier alpha value is -3.02. The highest BCUT2D eigenvalue weighted by Crippen LogP contribution is 2.34. The SMILES string of the molecule is Br.CCc1ccc2c(C3CCNCC3)c[nH]c2c1.CN1CCC(c2c[nH]c3c(F)cccc23)CC1.Cc1ccc(S(=O)(=O)O)cc1. The fourth-order valence-electron chi connectivity index (χ4n) is 6.39. The van der Waals surface area contributed by atoms with E-state index in [2.05, 4.69) is 58.6 Å². The lowest BCUT2D eigenvalue weighted by Gasteiger charge is -2.28. The molecule has 2 aliphatic rings. The van der Waals surface area contributed by atoms with Gasteiger partial charge in [-0.3, -0.25) is 4.55 Å². The Labute approximate surface area is 282 Å². The molecule has 10 heteroatoms. The summed E-state index contributed by atoms with van der Waals surface area (Å²) in [4.78, 5) is 8.80. The van der Waals surface area contributed by atoms with Crippen molar-refractivity contribution in [1.29, 1.82) is 0 Å². The number of aromatic amines is 2. The Bertz CT molecular complexity index is 1810. The van der Waals surface area contributed by atoms with Gasteiger partial charge in [0.05, 0.1) is 10.4 Å². The number of fused-ring (bicyclic) bond motifs is 2. The fraction of sp³-hybridized carbons (Fsp3) is 0.389. The highest BCUT2D eigenvalue weighted by molar-refractivity contribution is 8.93. The predicted molar refractivity (Wildman–Crippen MR) is 192 cm³/mol. The van der Waals surface area contributed by atoms with E-state index < -0.39 is 10.1 Å². The molecule has 2 aromatic heterocycles. The third kappa shape index (κ3) is 8.86. The summed E-state index contributed by atoms with van der Waals surface area (Å²) in [6.45, 7) is 8.62. The molecule has 2 saturated heterocycles. The first kappa shape index (κ1) is 35.8. The number of nitrogens with one attached hydrogen (secondary N) is 3. The molecule has 0 atom stereocenters. The number of halogens is 2. The molecule has 7 nitrogen and oxygen atoms in total. The summed E-state index contributed by atoms with van der Waals surface area (Å²) in [5, 5.41) is 5.91. The standard InChI is InChI=1S/C15H20N2.C14H17FN2.C7H8O3S.BrH/c1-2-11-3-4-13-14(10-17-15(13)9-11)12-5-7-16-8-6-12;1-17-7-5-10(6-8-17)12-9-16-14-11(12)3-2-4-13(14)15;1-6-2-4-7(5-3-6)11(8,9)10;/h3-4,9-10,12,16-17H,2,5-8H2,1H3;2-4,9-10,16H,5-8H2,1H3;2-5H,1H3,(H,8,9,10);1H. The van der Waals surface area contributed by atoms with Gasteiger partial charge in [-0.1, -0.05) is 48.9 Å². The minimum absolute atomic E-state index is 0. The van der Waals surface area contributed by atoms with Crippen LogP contribution in [0.4, 0.5) is 4.39 Å². The molecule has 46 heavy (non-hydrogen) atoms. The van der Waals surface area contributed by atoms with Gasteiger partial charge in [0.25, 0.3) is 10.1 Å². The third-order valence-electron chi connectivity index (χ3n) is 9.14. The van der Waals surface area contributed by atoms with E-state index in [9.17, 15) is 12.8 Å². The van der Waals surface area contributed by atoms with Crippen LogP contribution in [0.3, 0.4) is 0 Å². The van der Waals surface area contributed by atoms with Gasteiger partial charge in [-0.15, -0.1) is 17.0 Å². The Morgan fingerprint density at radius 3 is 2.15 bits per heavy atom. The van der Waals surface area contributed by atoms with Crippen molar-refractivity contribution in [1.82, 2.24) is 20.2 Å². The van der Waals surface area contributed by atoms with E-state index in [0.29, 0.717) is 11.4 Å². The molecule has 2 fully saturated rings. The number of H-pyrrole nitrogens is 2. The minimum atomic E-state index is -4.02. The van der Waals surface area contributed by atoms with Crippen molar-refractivity contribution in [3.8, 4) is 0 Å². The molecule has 7 rings (SSSR count). The van der Waals surface area contributed by atoms with Gasteiger partial charge in [-0.25, -0.2) is 4.39 Å². The first-order valence-corrected chi connectivity index (χ1v) is 17.4. The molecule has 0 unspecified atom stereocenters. The summed E-state index contributed by atoms with van der Waals surface area (Å²) in [5.41, 5.74) is 7.13. The van der Waals surface area contributed by atoms with Gasteiger partial charge in [0.15, 0.2) is 0 Å². The van der Waals surface area contributed by atoms with Crippen molar-refractivity contribution in [3.63, 3.8) is 0 Å². The Kier molecular flexibility index (Phi) is 12.6. The zero-order valence-electron chi connectivity index (χ0n) is 26.9. The second kappa shape index (κ2) is 16.2. The highest BCUT2D eigenvalue weighted by atomic mass is 79.9. The highest BCUT2D eigenvalue weighted by Gasteiger charge is 2.22. The van der Waals surface area contributed by atoms with Gasteiger partial charge in [0, 0.05) is 28.7 Å². The minimum Gasteiger partial charge on any atom is -0.361 e. The molecule has 0 spiro atoms. The molecule has 5 aromatic rings. The van der Waals surface area contributed by atoms with Crippen molar-refractivity contribution in [3.05, 3.63) is 101 Å². The van der Waals surface area contributed by atoms with E-state index in [1.807, 2.05) is 19.2 Å². The Morgan fingerprint density at radius 2 is 1.50 bits per heavy atom. The van der Waals surface area contributed by atoms with Gasteiger partial charge >= 0.3 is 0 Å². The average Bonchev–Trinajstić information content (AvgIpc) is 3.67. The van der Waals surface area contributed by atoms with Crippen molar-refractivity contribution in [2.24, 2.45) is 0 Å². The summed E-state index contributed by atoms with van der Waals surface area (Å²) in [7, 11) is -1.86. The van der Waals surface area contributed by atoms with Gasteiger partial charge < -0.3 is 20.2 Å². The van der Waals surface area contributed by atoms with Crippen molar-refractivity contribution in [2.45, 2.75) is 62.7 Å². The quantitative estimate of drug-likeness (QED) is 0.141. The molecule has 0 aliphatic carbocycles. The summed E-state index contributed by atoms with van der Waals surface area (Å²) in [6, 6.07) is 18.2. The summed E-state index contributed by atoms with van der Waals surface area (Å²) in [6.07, 6.45) is 10.2. The zero-order chi connectivity index (χ0) is 32.0. The number of benzene rings is 3. The van der Waals surface area contributed by atoms with Crippen molar-refractivity contribution in [2.75, 3.05) is 33.2 Å². The lowest BCUT2D eigenvalue weighted by Crippen LogP contribution is -2.29. The van der Waals surface area contributed by atoms with Gasteiger partial charge in [-0.2, -0.15) is 8.42 Å². The van der Waals surface area contributed by atoms with Crippen molar-refractivity contribution >= 4 is 48.9 Å². The molecule has 248 valence electrons. The second-order valence-electron chi connectivity index (χ2n) is 12.3. The van der Waals surface area contributed by atoms with E-state index >= 15 is 0 Å². The first-order chi connectivity index (χ1) is 21.6. The number of aromatic nitrogens is 2. The maximum atomic E-state index is 13.6. The molecule has 3 aromatic carbocycles. The number of aryl methyl sites for hydroxylation is 2. The van der Waals surface area contributed by atoms with E-state index in [1.165, 1.54) is 71.5 Å². The summed E-state index contributed by atoms with van der Waals surface area (Å²) >= 11 is 0. The topological polar surface area (TPSA) is 101 Å². The lowest BCUT2D eigenvalue weighted by atomic mass is 9.89. The number of hydrogen-bond acceptors (Lipinski definition) is 4. The van der Waals surface area contributed by atoms with Gasteiger partial charge in [0.1, 0.15) is 5.82 Å². The molecule has 4 N–H and O–H groups in total. The number of hydrogen-bond donors (Lipinski definition) is 4. The van der Waals surface area contributed by atoms with Crippen LogP contribution in [0.15, 0.2) is 78.0 Å². The van der Waals surface area contributed by atoms with E-state index in [4.69, 9.17) is 4.55 Å². The third-order valence-corrected chi connectivity index (χ3v) is 10.0. The van der Waals surface area contributed by atoms with Crippen LogP contribution in [-0.2, 0) is 16.5 Å². The fourth-order valence-corrected chi connectivity index (χ4v) is 6.87.